The Morgan fingerprint density at radius 3 is 2.54 bits per heavy atom. The van der Waals surface area contributed by atoms with Gasteiger partial charge in [-0.3, -0.25) is 0 Å². The van der Waals surface area contributed by atoms with E-state index < -0.39 is 17.5 Å². The standard InChI is InChI=1S/C23H20FNO3/c1-14-11-12-16(13-15(14)2)23(25-19-9-4-5-10-20(19)27-3)21-17(22(26)28-23)7-6-8-18(21)24/h4-13,25H,1-3H3. The van der Waals surface area contributed by atoms with Crippen molar-refractivity contribution < 1.29 is 18.7 Å². The molecule has 0 aromatic heterocycles. The third-order valence-corrected chi connectivity index (χ3v) is 5.16. The fourth-order valence-electron chi connectivity index (χ4n) is 3.56. The Morgan fingerprint density at radius 2 is 1.79 bits per heavy atom. The molecule has 0 aliphatic carbocycles. The highest BCUT2D eigenvalue weighted by atomic mass is 19.1. The van der Waals surface area contributed by atoms with Gasteiger partial charge in [-0.25, -0.2) is 9.18 Å². The first-order valence-electron chi connectivity index (χ1n) is 8.97. The van der Waals surface area contributed by atoms with E-state index in [-0.39, 0.29) is 11.1 Å². The number of rotatable bonds is 4. The van der Waals surface area contributed by atoms with Crippen LogP contribution >= 0.6 is 0 Å². The average Bonchev–Trinajstić information content (AvgIpc) is 2.98. The number of para-hydroxylation sites is 2. The number of cyclic esters (lactones) is 1. The highest BCUT2D eigenvalue weighted by molar-refractivity contribution is 5.96. The minimum atomic E-state index is -1.50. The van der Waals surface area contributed by atoms with Crippen molar-refractivity contribution >= 4 is 11.7 Å². The van der Waals surface area contributed by atoms with Gasteiger partial charge in [0.05, 0.1) is 23.9 Å². The van der Waals surface area contributed by atoms with Crippen LogP contribution in [0, 0.1) is 19.7 Å². The first kappa shape index (κ1) is 18.0. The molecular formula is C23H20FNO3. The van der Waals surface area contributed by atoms with Gasteiger partial charge < -0.3 is 14.8 Å². The molecule has 0 fully saturated rings. The molecule has 1 N–H and O–H groups in total. The SMILES string of the molecule is COc1ccccc1NC1(c2ccc(C)c(C)c2)OC(=O)c2cccc(F)c21. The first-order valence-corrected chi connectivity index (χ1v) is 8.97. The lowest BCUT2D eigenvalue weighted by Gasteiger charge is -2.32. The van der Waals surface area contributed by atoms with Crippen molar-refractivity contribution in [3.8, 4) is 5.75 Å². The second-order valence-corrected chi connectivity index (χ2v) is 6.86. The molecule has 1 aliphatic rings. The number of nitrogens with one attached hydrogen (secondary N) is 1. The van der Waals surface area contributed by atoms with E-state index in [2.05, 4.69) is 5.32 Å². The largest absolute Gasteiger partial charge is 0.495 e. The first-order chi connectivity index (χ1) is 13.5. The molecule has 1 unspecified atom stereocenters. The fourth-order valence-corrected chi connectivity index (χ4v) is 3.56. The number of benzene rings is 3. The van der Waals surface area contributed by atoms with E-state index in [9.17, 15) is 4.79 Å². The van der Waals surface area contributed by atoms with Gasteiger partial charge in [-0.15, -0.1) is 0 Å². The number of hydrogen-bond acceptors (Lipinski definition) is 4. The Balaban J connectivity index is 1.98. The smallest absolute Gasteiger partial charge is 0.341 e. The minimum Gasteiger partial charge on any atom is -0.495 e. The molecule has 3 aromatic carbocycles. The number of carbonyl (C=O) groups is 1. The number of hydrogen-bond donors (Lipinski definition) is 1. The molecule has 0 saturated carbocycles. The lowest BCUT2D eigenvalue weighted by atomic mass is 9.90. The fraction of sp³-hybridized carbons (Fsp3) is 0.174. The number of carbonyl (C=O) groups excluding carboxylic acids is 1. The number of halogens is 1. The molecule has 3 aromatic rings. The van der Waals surface area contributed by atoms with Crippen LogP contribution in [0.3, 0.4) is 0 Å². The van der Waals surface area contributed by atoms with Gasteiger partial charge in [0.1, 0.15) is 11.6 Å². The average molecular weight is 377 g/mol. The number of ether oxygens (including phenoxy) is 2. The van der Waals surface area contributed by atoms with E-state index in [1.807, 2.05) is 44.2 Å². The molecule has 4 nitrogen and oxygen atoms in total. The highest BCUT2D eigenvalue weighted by Crippen LogP contribution is 2.45. The van der Waals surface area contributed by atoms with Crippen LogP contribution in [0.4, 0.5) is 10.1 Å². The second kappa shape index (κ2) is 6.68. The normalized spacial score (nSPS) is 17.8. The molecule has 0 saturated heterocycles. The number of anilines is 1. The molecule has 1 atom stereocenters. The van der Waals surface area contributed by atoms with Crippen LogP contribution < -0.4 is 10.1 Å². The molecule has 1 heterocycles. The predicted octanol–water partition coefficient (Wildman–Crippen LogP) is 4.93. The van der Waals surface area contributed by atoms with Crippen molar-refractivity contribution in [2.45, 2.75) is 19.6 Å². The van der Waals surface area contributed by atoms with Crippen LogP contribution in [0.1, 0.15) is 32.6 Å². The third kappa shape index (κ3) is 2.71. The molecule has 28 heavy (non-hydrogen) atoms. The van der Waals surface area contributed by atoms with Crippen LogP contribution in [0.2, 0.25) is 0 Å². The van der Waals surface area contributed by atoms with Crippen LogP contribution in [-0.2, 0) is 10.5 Å². The molecule has 0 radical (unpaired) electrons. The van der Waals surface area contributed by atoms with Gasteiger partial charge in [0.25, 0.3) is 0 Å². The molecule has 142 valence electrons. The summed E-state index contributed by atoms with van der Waals surface area (Å²) in [6.07, 6.45) is 0. The van der Waals surface area contributed by atoms with Crippen molar-refractivity contribution in [3.63, 3.8) is 0 Å². The summed E-state index contributed by atoms with van der Waals surface area (Å²) in [5.74, 6) is -0.523. The van der Waals surface area contributed by atoms with Crippen LogP contribution in [0.5, 0.6) is 5.75 Å². The highest BCUT2D eigenvalue weighted by Gasteiger charge is 2.50. The van der Waals surface area contributed by atoms with Crippen LogP contribution in [0.25, 0.3) is 0 Å². The lowest BCUT2D eigenvalue weighted by molar-refractivity contribution is 0.0204. The molecule has 0 spiro atoms. The summed E-state index contributed by atoms with van der Waals surface area (Å²) in [4.78, 5) is 12.6. The van der Waals surface area contributed by atoms with E-state index in [4.69, 9.17) is 9.47 Å². The number of aryl methyl sites for hydroxylation is 2. The Bertz CT molecular complexity index is 1080. The van der Waals surface area contributed by atoms with Gasteiger partial charge in [0.2, 0.25) is 5.72 Å². The van der Waals surface area contributed by atoms with Gasteiger partial charge in [-0.2, -0.15) is 0 Å². The summed E-state index contributed by atoms with van der Waals surface area (Å²) in [6, 6.07) is 17.4. The van der Waals surface area contributed by atoms with Crippen molar-refractivity contribution in [2.75, 3.05) is 12.4 Å². The third-order valence-electron chi connectivity index (χ3n) is 5.16. The van der Waals surface area contributed by atoms with Crippen molar-refractivity contribution in [2.24, 2.45) is 0 Å². The zero-order valence-electron chi connectivity index (χ0n) is 15.9. The molecule has 5 heteroatoms. The van der Waals surface area contributed by atoms with Crippen LogP contribution in [0.15, 0.2) is 60.7 Å². The summed E-state index contributed by atoms with van der Waals surface area (Å²) >= 11 is 0. The number of methoxy groups -OCH3 is 1. The maximum Gasteiger partial charge on any atom is 0.341 e. The zero-order chi connectivity index (χ0) is 19.9. The Kier molecular flexibility index (Phi) is 4.30. The van der Waals surface area contributed by atoms with Gasteiger partial charge in [0.15, 0.2) is 0 Å². The molecular weight excluding hydrogens is 357 g/mol. The van der Waals surface area contributed by atoms with Gasteiger partial charge in [-0.1, -0.05) is 30.3 Å². The van der Waals surface area contributed by atoms with Crippen molar-refractivity contribution in [1.82, 2.24) is 0 Å². The van der Waals surface area contributed by atoms with Crippen molar-refractivity contribution in [3.05, 3.63) is 94.3 Å². The number of fused-ring (bicyclic) bond motifs is 1. The van der Waals surface area contributed by atoms with E-state index in [0.29, 0.717) is 17.0 Å². The van der Waals surface area contributed by atoms with Crippen LogP contribution in [-0.4, -0.2) is 13.1 Å². The van der Waals surface area contributed by atoms with Crippen molar-refractivity contribution in [1.29, 1.82) is 0 Å². The summed E-state index contributed by atoms with van der Waals surface area (Å²) in [5, 5.41) is 3.26. The Morgan fingerprint density at radius 1 is 1.00 bits per heavy atom. The summed E-state index contributed by atoms with van der Waals surface area (Å²) in [6.45, 7) is 3.96. The quantitative estimate of drug-likeness (QED) is 0.655. The maximum atomic E-state index is 15.0. The Hall–Kier alpha value is -3.34. The molecule has 0 amide bonds. The topological polar surface area (TPSA) is 47.6 Å². The molecule has 4 rings (SSSR count). The predicted molar refractivity (Wildman–Crippen MR) is 105 cm³/mol. The maximum absolute atomic E-state index is 15.0. The molecule has 0 bridgehead atoms. The number of esters is 1. The summed E-state index contributed by atoms with van der Waals surface area (Å²) in [5.41, 5.74) is 2.22. The minimum absolute atomic E-state index is 0.175. The van der Waals surface area contributed by atoms with E-state index in [1.165, 1.54) is 12.1 Å². The monoisotopic (exact) mass is 377 g/mol. The Labute approximate surface area is 162 Å². The summed E-state index contributed by atoms with van der Waals surface area (Å²) in [7, 11) is 1.55. The van der Waals surface area contributed by atoms with E-state index >= 15 is 4.39 Å². The summed E-state index contributed by atoms with van der Waals surface area (Å²) < 4.78 is 26.3. The lowest BCUT2D eigenvalue weighted by Crippen LogP contribution is -2.38. The zero-order valence-corrected chi connectivity index (χ0v) is 15.9. The van der Waals surface area contributed by atoms with E-state index in [1.54, 1.807) is 25.3 Å². The second-order valence-electron chi connectivity index (χ2n) is 6.86. The van der Waals surface area contributed by atoms with Gasteiger partial charge in [0, 0.05) is 5.56 Å². The van der Waals surface area contributed by atoms with Gasteiger partial charge >= 0.3 is 5.97 Å². The van der Waals surface area contributed by atoms with Gasteiger partial charge in [-0.05, 0) is 55.3 Å². The molecule has 1 aliphatic heterocycles. The van der Waals surface area contributed by atoms with E-state index in [0.717, 1.165) is 11.1 Å².